The molecule has 9 nitrogen and oxygen atoms in total. The fraction of sp³-hybridized carbons (Fsp3) is 0.429. The first-order valence-corrected chi connectivity index (χ1v) is 9.56. The van der Waals surface area contributed by atoms with E-state index in [0.29, 0.717) is 22.6 Å². The van der Waals surface area contributed by atoms with Crippen molar-refractivity contribution in [1.82, 2.24) is 9.97 Å². The van der Waals surface area contributed by atoms with Gasteiger partial charge in [-0.1, -0.05) is 0 Å². The van der Waals surface area contributed by atoms with Gasteiger partial charge in [-0.15, -0.1) is 0 Å². The van der Waals surface area contributed by atoms with Crippen LogP contribution in [-0.4, -0.2) is 53.5 Å². The van der Waals surface area contributed by atoms with E-state index < -0.39 is 30.3 Å². The van der Waals surface area contributed by atoms with Crippen molar-refractivity contribution in [3.8, 4) is 0 Å². The second kappa shape index (κ2) is 9.43. The maximum absolute atomic E-state index is 12.7. The molecule has 2 aromatic heterocycles. The second-order valence-electron chi connectivity index (χ2n) is 6.69. The zero-order chi connectivity index (χ0) is 22.6. The number of ketones is 1. The van der Waals surface area contributed by atoms with Crippen LogP contribution in [0.25, 0.3) is 0 Å². The van der Waals surface area contributed by atoms with Gasteiger partial charge in [0.15, 0.2) is 6.61 Å². The number of rotatable bonds is 8. The summed E-state index contributed by atoms with van der Waals surface area (Å²) in [5, 5.41) is 0. The van der Waals surface area contributed by atoms with Gasteiger partial charge in [0.25, 0.3) is 0 Å². The Kier molecular flexibility index (Phi) is 7.20. The molecule has 0 radical (unpaired) electrons. The van der Waals surface area contributed by atoms with Crippen molar-refractivity contribution in [2.24, 2.45) is 0 Å². The van der Waals surface area contributed by atoms with Crippen LogP contribution in [0.1, 0.15) is 78.1 Å². The third kappa shape index (κ3) is 4.45. The fourth-order valence-electron chi connectivity index (χ4n) is 3.33. The molecular formula is C21H26N2O7. The van der Waals surface area contributed by atoms with Gasteiger partial charge >= 0.3 is 17.9 Å². The van der Waals surface area contributed by atoms with Gasteiger partial charge in [0.2, 0.25) is 5.78 Å². The van der Waals surface area contributed by atoms with E-state index >= 15 is 0 Å². The molecule has 0 aliphatic carbocycles. The van der Waals surface area contributed by atoms with Crippen LogP contribution in [0.5, 0.6) is 0 Å². The van der Waals surface area contributed by atoms with Gasteiger partial charge in [0.05, 0.1) is 29.9 Å². The summed E-state index contributed by atoms with van der Waals surface area (Å²) in [6.45, 7) is 9.66. The van der Waals surface area contributed by atoms with E-state index in [1.165, 1.54) is 0 Å². The highest BCUT2D eigenvalue weighted by molar-refractivity contribution is 6.09. The Hall–Kier alpha value is -3.36. The van der Waals surface area contributed by atoms with Crippen LogP contribution >= 0.6 is 0 Å². The topological polar surface area (TPSA) is 128 Å². The van der Waals surface area contributed by atoms with E-state index in [4.69, 9.17) is 14.2 Å². The Labute approximate surface area is 174 Å². The van der Waals surface area contributed by atoms with Crippen LogP contribution in [0.4, 0.5) is 0 Å². The Morgan fingerprint density at radius 3 is 1.77 bits per heavy atom. The Bertz CT molecular complexity index is 998. The monoisotopic (exact) mass is 418 g/mol. The molecular weight excluding hydrogens is 392 g/mol. The molecule has 0 atom stereocenters. The maximum Gasteiger partial charge on any atom is 0.355 e. The summed E-state index contributed by atoms with van der Waals surface area (Å²) in [6.07, 6.45) is 0. The number of carbonyl (C=O) groups is 4. The molecule has 0 aliphatic heterocycles. The van der Waals surface area contributed by atoms with Crippen LogP contribution < -0.4 is 0 Å². The highest BCUT2D eigenvalue weighted by Crippen LogP contribution is 2.22. The largest absolute Gasteiger partial charge is 0.462 e. The van der Waals surface area contributed by atoms with E-state index in [2.05, 4.69) is 9.97 Å². The Morgan fingerprint density at radius 2 is 1.17 bits per heavy atom. The first-order valence-electron chi connectivity index (χ1n) is 9.56. The number of esters is 3. The minimum atomic E-state index is -0.757. The molecule has 2 heterocycles. The molecule has 0 unspecified atom stereocenters. The van der Waals surface area contributed by atoms with Crippen molar-refractivity contribution >= 4 is 23.7 Å². The normalized spacial score (nSPS) is 10.6. The number of carbonyl (C=O) groups excluding carboxylic acids is 4. The molecule has 2 aromatic rings. The molecule has 162 valence electrons. The smallest absolute Gasteiger partial charge is 0.355 e. The third-order valence-electron chi connectivity index (χ3n) is 4.59. The second-order valence-corrected chi connectivity index (χ2v) is 6.69. The molecule has 0 aliphatic rings. The molecule has 2 N–H and O–H groups in total. The van der Waals surface area contributed by atoms with Gasteiger partial charge < -0.3 is 24.2 Å². The number of Topliss-reactive ketones (excluding diaryl/α,β-unsaturated/α-hetero) is 1. The molecule has 30 heavy (non-hydrogen) atoms. The summed E-state index contributed by atoms with van der Waals surface area (Å²) < 4.78 is 15.2. The number of H-pyrrole nitrogens is 2. The summed E-state index contributed by atoms with van der Waals surface area (Å²) in [5.41, 5.74) is 2.38. The average Bonchev–Trinajstić information content (AvgIpc) is 3.14. The Balaban J connectivity index is 2.21. The SMILES string of the molecule is CCOC(=O)c1[nH]c(C)c(C(=O)OCC(=O)c2c(C)[nH]c(C)c2C(=O)OCC)c1C. The van der Waals surface area contributed by atoms with Crippen LogP contribution in [0.15, 0.2) is 0 Å². The predicted molar refractivity (Wildman–Crippen MR) is 107 cm³/mol. The molecule has 0 saturated heterocycles. The average molecular weight is 418 g/mol. The van der Waals surface area contributed by atoms with Crippen LogP contribution in [0.2, 0.25) is 0 Å². The van der Waals surface area contributed by atoms with E-state index in [0.717, 1.165) is 0 Å². The number of ether oxygens (including phenoxy) is 3. The summed E-state index contributed by atoms with van der Waals surface area (Å²) in [5.74, 6) is -2.49. The molecule has 0 spiro atoms. The molecule has 0 fully saturated rings. The van der Waals surface area contributed by atoms with Crippen LogP contribution in [-0.2, 0) is 14.2 Å². The highest BCUT2D eigenvalue weighted by atomic mass is 16.5. The predicted octanol–water partition coefficient (Wildman–Crippen LogP) is 2.97. The van der Waals surface area contributed by atoms with Gasteiger partial charge in [-0.2, -0.15) is 0 Å². The number of nitrogens with one attached hydrogen (secondary N) is 2. The quantitative estimate of drug-likeness (QED) is 0.383. The maximum atomic E-state index is 12.7. The van der Waals surface area contributed by atoms with Crippen molar-refractivity contribution in [2.75, 3.05) is 19.8 Å². The van der Waals surface area contributed by atoms with Crippen molar-refractivity contribution < 1.29 is 33.4 Å². The Morgan fingerprint density at radius 1 is 0.667 bits per heavy atom. The first-order chi connectivity index (χ1) is 14.1. The lowest BCUT2D eigenvalue weighted by Crippen LogP contribution is -2.18. The molecule has 0 aromatic carbocycles. The number of hydrogen-bond donors (Lipinski definition) is 2. The highest BCUT2D eigenvalue weighted by Gasteiger charge is 2.28. The number of aromatic amines is 2. The van der Waals surface area contributed by atoms with Crippen molar-refractivity contribution in [3.63, 3.8) is 0 Å². The van der Waals surface area contributed by atoms with Crippen molar-refractivity contribution in [1.29, 1.82) is 0 Å². The zero-order valence-electron chi connectivity index (χ0n) is 18.0. The first kappa shape index (κ1) is 22.9. The van der Waals surface area contributed by atoms with Gasteiger partial charge in [-0.25, -0.2) is 14.4 Å². The lowest BCUT2D eigenvalue weighted by molar-refractivity contribution is 0.0471. The van der Waals surface area contributed by atoms with Gasteiger partial charge in [0.1, 0.15) is 5.69 Å². The summed E-state index contributed by atoms with van der Waals surface area (Å²) in [7, 11) is 0. The van der Waals surface area contributed by atoms with E-state index in [1.807, 2.05) is 0 Å². The number of aryl methyl sites for hydroxylation is 3. The number of aromatic nitrogens is 2. The minimum Gasteiger partial charge on any atom is -0.462 e. The lowest BCUT2D eigenvalue weighted by atomic mass is 10.1. The minimum absolute atomic E-state index is 0.133. The standard InChI is InChI=1S/C21H26N2O7/c1-7-28-20(26)17-13(6)22-12(5)16(17)14(24)9-30-19(25)15-10(3)18(23-11(15)4)21(27)29-8-2/h22-23H,7-9H2,1-6H3. The molecule has 0 amide bonds. The van der Waals surface area contributed by atoms with Crippen LogP contribution in [0.3, 0.4) is 0 Å². The molecule has 2 rings (SSSR count). The third-order valence-corrected chi connectivity index (χ3v) is 4.59. The number of hydrogen-bond acceptors (Lipinski definition) is 7. The van der Waals surface area contributed by atoms with Gasteiger partial charge in [-0.05, 0) is 47.1 Å². The van der Waals surface area contributed by atoms with E-state index in [9.17, 15) is 19.2 Å². The lowest BCUT2D eigenvalue weighted by Gasteiger charge is -2.08. The van der Waals surface area contributed by atoms with Gasteiger partial charge in [0, 0.05) is 17.1 Å². The summed E-state index contributed by atoms with van der Waals surface area (Å²) in [6, 6.07) is 0. The zero-order valence-corrected chi connectivity index (χ0v) is 18.0. The summed E-state index contributed by atoms with van der Waals surface area (Å²) >= 11 is 0. The van der Waals surface area contributed by atoms with E-state index in [1.54, 1.807) is 41.5 Å². The van der Waals surface area contributed by atoms with Crippen molar-refractivity contribution in [3.05, 3.63) is 45.0 Å². The van der Waals surface area contributed by atoms with E-state index in [-0.39, 0.29) is 35.6 Å². The van der Waals surface area contributed by atoms with Crippen LogP contribution in [0, 0.1) is 27.7 Å². The molecule has 0 bridgehead atoms. The fourth-order valence-corrected chi connectivity index (χ4v) is 3.33. The summed E-state index contributed by atoms with van der Waals surface area (Å²) in [4.78, 5) is 55.3. The molecule has 0 saturated carbocycles. The van der Waals surface area contributed by atoms with Gasteiger partial charge in [-0.3, -0.25) is 4.79 Å². The van der Waals surface area contributed by atoms with Crippen molar-refractivity contribution in [2.45, 2.75) is 41.5 Å². The molecule has 9 heteroatoms.